The molecule has 0 aliphatic carbocycles. The van der Waals surface area contributed by atoms with Crippen LogP contribution in [0.3, 0.4) is 0 Å². The number of aromatic nitrogens is 3. The topological polar surface area (TPSA) is 69.2 Å². The molecule has 0 unspecified atom stereocenters. The lowest BCUT2D eigenvalue weighted by atomic mass is 10.1. The molecule has 7 nitrogen and oxygen atoms in total. The number of benzene rings is 2. The molecule has 0 bridgehead atoms. The van der Waals surface area contributed by atoms with Crippen molar-refractivity contribution in [1.82, 2.24) is 19.9 Å². The Morgan fingerprint density at radius 2 is 1.88 bits per heavy atom. The van der Waals surface area contributed by atoms with Crippen molar-refractivity contribution in [3.8, 4) is 0 Å². The Bertz CT molecular complexity index is 1240. The van der Waals surface area contributed by atoms with Gasteiger partial charge in [-0.1, -0.05) is 24.3 Å². The molecule has 3 heterocycles. The number of nitrogens with one attached hydrogen (secondary N) is 2. The molecule has 0 amide bonds. The number of nitrogens with zero attached hydrogens (tertiary/aromatic N) is 5. The molecule has 0 fully saturated rings. The fourth-order valence-corrected chi connectivity index (χ4v) is 3.98. The molecule has 7 heteroatoms. The lowest BCUT2D eigenvalue weighted by Crippen LogP contribution is -2.30. The summed E-state index contributed by atoms with van der Waals surface area (Å²) in [5.74, 6) is 1.27. The Labute approximate surface area is 188 Å². The number of hydrogen-bond donors (Lipinski definition) is 2. The van der Waals surface area contributed by atoms with Gasteiger partial charge in [0.25, 0.3) is 0 Å². The number of likely N-dealkylation sites (N-methyl/N-ethyl adjacent to an activating group) is 1. The first-order valence-corrected chi connectivity index (χ1v) is 10.9. The van der Waals surface area contributed by atoms with E-state index in [0.29, 0.717) is 11.8 Å². The number of para-hydroxylation sites is 1. The standard InChI is InChI=1S/C25H27N7/c1-31(2)13-14-32-12-10-18-7-8-20(16-23(18)32)29-25-26-11-9-24(30-25)28-21-15-19-5-3-4-6-22(19)27-17-21/h3-9,11,15-17H,10,12-14H2,1-2H3,(H2,26,28,29,30). The van der Waals surface area contributed by atoms with Crippen molar-refractivity contribution in [2.24, 2.45) is 0 Å². The molecular formula is C25H27N7. The molecule has 2 aromatic carbocycles. The summed E-state index contributed by atoms with van der Waals surface area (Å²) in [5.41, 5.74) is 5.55. The van der Waals surface area contributed by atoms with Gasteiger partial charge in [0, 0.05) is 42.6 Å². The van der Waals surface area contributed by atoms with Crippen molar-refractivity contribution >= 4 is 39.7 Å². The summed E-state index contributed by atoms with van der Waals surface area (Å²) in [4.78, 5) is 18.2. The van der Waals surface area contributed by atoms with Crippen LogP contribution in [0.15, 0.2) is 67.0 Å². The maximum absolute atomic E-state index is 4.63. The van der Waals surface area contributed by atoms with Crippen LogP contribution >= 0.6 is 0 Å². The molecule has 5 rings (SSSR count). The second-order valence-electron chi connectivity index (χ2n) is 8.32. The van der Waals surface area contributed by atoms with Crippen molar-refractivity contribution in [3.63, 3.8) is 0 Å². The maximum atomic E-state index is 4.63. The van der Waals surface area contributed by atoms with Crippen LogP contribution in [0.1, 0.15) is 5.56 Å². The fourth-order valence-electron chi connectivity index (χ4n) is 3.98. The lowest BCUT2D eigenvalue weighted by Gasteiger charge is -2.22. The lowest BCUT2D eigenvalue weighted by molar-refractivity contribution is 0.414. The molecule has 0 atom stereocenters. The van der Waals surface area contributed by atoms with Crippen molar-refractivity contribution in [2.45, 2.75) is 6.42 Å². The third-order valence-electron chi connectivity index (χ3n) is 5.67. The average molecular weight is 426 g/mol. The molecule has 2 aromatic heterocycles. The van der Waals surface area contributed by atoms with Gasteiger partial charge in [-0.3, -0.25) is 4.98 Å². The number of anilines is 5. The predicted molar refractivity (Wildman–Crippen MR) is 131 cm³/mol. The Morgan fingerprint density at radius 1 is 0.969 bits per heavy atom. The van der Waals surface area contributed by atoms with Crippen LogP contribution in [-0.2, 0) is 6.42 Å². The molecule has 1 aliphatic rings. The molecule has 1 aliphatic heterocycles. The predicted octanol–water partition coefficient (Wildman–Crippen LogP) is 4.44. The summed E-state index contributed by atoms with van der Waals surface area (Å²) in [6.45, 7) is 3.14. The number of hydrogen-bond acceptors (Lipinski definition) is 7. The highest BCUT2D eigenvalue weighted by Crippen LogP contribution is 2.31. The van der Waals surface area contributed by atoms with Gasteiger partial charge in [-0.2, -0.15) is 4.98 Å². The third kappa shape index (κ3) is 4.48. The van der Waals surface area contributed by atoms with Crippen LogP contribution in [0, 0.1) is 0 Å². The quantitative estimate of drug-likeness (QED) is 0.454. The normalized spacial score (nSPS) is 12.9. The van der Waals surface area contributed by atoms with E-state index >= 15 is 0 Å². The minimum atomic E-state index is 0.557. The molecule has 162 valence electrons. The van der Waals surface area contributed by atoms with Crippen LogP contribution in [-0.4, -0.2) is 53.6 Å². The van der Waals surface area contributed by atoms with Gasteiger partial charge >= 0.3 is 0 Å². The Balaban J connectivity index is 1.31. The average Bonchev–Trinajstić information content (AvgIpc) is 3.20. The monoisotopic (exact) mass is 425 g/mol. The van der Waals surface area contributed by atoms with Crippen LogP contribution in [0.25, 0.3) is 10.9 Å². The number of rotatable bonds is 7. The first-order chi connectivity index (χ1) is 15.6. The van der Waals surface area contributed by atoms with Crippen molar-refractivity contribution in [3.05, 3.63) is 72.6 Å². The number of fused-ring (bicyclic) bond motifs is 2. The van der Waals surface area contributed by atoms with Gasteiger partial charge in [0.15, 0.2) is 0 Å². The Morgan fingerprint density at radius 3 is 2.78 bits per heavy atom. The molecule has 32 heavy (non-hydrogen) atoms. The number of pyridine rings is 1. The highest BCUT2D eigenvalue weighted by atomic mass is 15.2. The van der Waals surface area contributed by atoms with Crippen LogP contribution < -0.4 is 15.5 Å². The van der Waals surface area contributed by atoms with Crippen LogP contribution in [0.4, 0.5) is 28.8 Å². The van der Waals surface area contributed by atoms with Gasteiger partial charge in [0.1, 0.15) is 5.82 Å². The second-order valence-corrected chi connectivity index (χ2v) is 8.32. The summed E-state index contributed by atoms with van der Waals surface area (Å²) in [6.07, 6.45) is 4.67. The van der Waals surface area contributed by atoms with Gasteiger partial charge in [-0.25, -0.2) is 4.98 Å². The Hall–Kier alpha value is -3.71. The summed E-state index contributed by atoms with van der Waals surface area (Å²) in [7, 11) is 4.22. The van der Waals surface area contributed by atoms with E-state index in [9.17, 15) is 0 Å². The highest BCUT2D eigenvalue weighted by Gasteiger charge is 2.19. The van der Waals surface area contributed by atoms with Gasteiger partial charge in [0.05, 0.1) is 17.4 Å². The van der Waals surface area contributed by atoms with Crippen LogP contribution in [0.2, 0.25) is 0 Å². The summed E-state index contributed by atoms with van der Waals surface area (Å²) in [6, 6.07) is 18.5. The molecule has 0 saturated carbocycles. The van der Waals surface area contributed by atoms with E-state index in [1.54, 1.807) is 6.20 Å². The van der Waals surface area contributed by atoms with Crippen LogP contribution in [0.5, 0.6) is 0 Å². The fraction of sp³-hybridized carbons (Fsp3) is 0.240. The molecule has 0 saturated heterocycles. The van der Waals surface area contributed by atoms with Crippen molar-refractivity contribution < 1.29 is 0 Å². The molecule has 0 radical (unpaired) electrons. The first-order valence-electron chi connectivity index (χ1n) is 10.9. The van der Waals surface area contributed by atoms with Gasteiger partial charge in [0.2, 0.25) is 5.95 Å². The van der Waals surface area contributed by atoms with E-state index in [0.717, 1.165) is 48.3 Å². The zero-order valence-electron chi connectivity index (χ0n) is 18.4. The zero-order valence-corrected chi connectivity index (χ0v) is 18.4. The van der Waals surface area contributed by atoms with Gasteiger partial charge in [-0.15, -0.1) is 0 Å². The minimum absolute atomic E-state index is 0.557. The van der Waals surface area contributed by atoms with E-state index in [-0.39, 0.29) is 0 Å². The maximum Gasteiger partial charge on any atom is 0.229 e. The Kier molecular flexibility index (Phi) is 5.56. The van der Waals surface area contributed by atoms with E-state index in [2.05, 4.69) is 79.8 Å². The molecule has 2 N–H and O–H groups in total. The molecule has 0 spiro atoms. The van der Waals surface area contributed by atoms with E-state index < -0.39 is 0 Å². The van der Waals surface area contributed by atoms with E-state index in [4.69, 9.17) is 0 Å². The smallest absolute Gasteiger partial charge is 0.229 e. The first kappa shape index (κ1) is 20.2. The van der Waals surface area contributed by atoms with Gasteiger partial charge < -0.3 is 20.4 Å². The highest BCUT2D eigenvalue weighted by molar-refractivity contribution is 5.82. The summed E-state index contributed by atoms with van der Waals surface area (Å²) in [5, 5.41) is 7.78. The largest absolute Gasteiger partial charge is 0.370 e. The van der Waals surface area contributed by atoms with Crippen molar-refractivity contribution in [2.75, 3.05) is 49.3 Å². The SMILES string of the molecule is CN(C)CCN1CCc2ccc(Nc3nccc(Nc4cnc5ccccc5c4)n3)cc21. The minimum Gasteiger partial charge on any atom is -0.370 e. The van der Waals surface area contributed by atoms with E-state index in [1.165, 1.54) is 11.3 Å². The molecular weight excluding hydrogens is 398 g/mol. The molecule has 4 aromatic rings. The summed E-state index contributed by atoms with van der Waals surface area (Å²) >= 11 is 0. The third-order valence-corrected chi connectivity index (χ3v) is 5.67. The summed E-state index contributed by atoms with van der Waals surface area (Å²) < 4.78 is 0. The van der Waals surface area contributed by atoms with Gasteiger partial charge in [-0.05, 0) is 56.4 Å². The van der Waals surface area contributed by atoms with Crippen molar-refractivity contribution in [1.29, 1.82) is 0 Å². The second kappa shape index (κ2) is 8.80. The van der Waals surface area contributed by atoms with E-state index in [1.807, 2.05) is 30.5 Å². The zero-order chi connectivity index (χ0) is 21.9.